The maximum Gasteiger partial charge on any atom is 0.273 e. The average molecular weight is 300 g/mol. The zero-order valence-electron chi connectivity index (χ0n) is 10.8. The monoisotopic (exact) mass is 300 g/mol. The number of primary sulfonamides is 1. The van der Waals surface area contributed by atoms with Crippen LogP contribution in [0, 0.1) is 0 Å². The van der Waals surface area contributed by atoms with Gasteiger partial charge >= 0.3 is 0 Å². The highest BCUT2D eigenvalue weighted by molar-refractivity contribution is 7.89. The molecular formula is C11H16N4O4S. The summed E-state index contributed by atoms with van der Waals surface area (Å²) in [6, 6.07) is -0.114. The Kier molecular flexibility index (Phi) is 3.27. The number of ether oxygens (including phenoxy) is 1. The second-order valence-electron chi connectivity index (χ2n) is 5.17. The molecule has 0 aromatic carbocycles. The first-order valence-corrected chi connectivity index (χ1v) is 8.01. The van der Waals surface area contributed by atoms with Gasteiger partial charge in [0.05, 0.1) is 18.3 Å². The van der Waals surface area contributed by atoms with Crippen LogP contribution in [0.25, 0.3) is 0 Å². The van der Waals surface area contributed by atoms with Crippen LogP contribution in [0.15, 0.2) is 4.90 Å². The third-order valence-electron chi connectivity index (χ3n) is 3.50. The van der Waals surface area contributed by atoms with E-state index in [0.29, 0.717) is 25.3 Å². The molecule has 2 aliphatic rings. The number of nitrogens with zero attached hydrogens (tertiary/aromatic N) is 1. The molecule has 1 aliphatic carbocycles. The third-order valence-corrected chi connectivity index (χ3v) is 4.48. The Morgan fingerprint density at radius 2 is 2.15 bits per heavy atom. The molecule has 1 saturated carbocycles. The average Bonchev–Trinajstić information content (AvgIpc) is 2.90. The molecule has 8 nitrogen and oxygen atoms in total. The van der Waals surface area contributed by atoms with Gasteiger partial charge in [0.1, 0.15) is 4.90 Å². The topological polar surface area (TPSA) is 127 Å². The molecule has 20 heavy (non-hydrogen) atoms. The second kappa shape index (κ2) is 4.83. The Hall–Kier alpha value is -1.45. The van der Waals surface area contributed by atoms with Gasteiger partial charge in [0, 0.05) is 12.5 Å². The molecule has 1 saturated heterocycles. The molecule has 2 heterocycles. The van der Waals surface area contributed by atoms with Gasteiger partial charge in [-0.3, -0.25) is 9.89 Å². The van der Waals surface area contributed by atoms with Crippen LogP contribution in [0.2, 0.25) is 0 Å². The number of carbonyl (C=O) groups is 1. The third kappa shape index (κ3) is 2.56. The lowest BCUT2D eigenvalue weighted by atomic mass is 10.2. The Balaban J connectivity index is 1.90. The SMILES string of the molecule is NS(=O)(=O)c1c(C(=O)NC2CCOC2)n[nH]c1C1CC1. The number of sulfonamides is 1. The maximum atomic E-state index is 12.2. The van der Waals surface area contributed by atoms with Crippen molar-refractivity contribution in [1.29, 1.82) is 0 Å². The fraction of sp³-hybridized carbons (Fsp3) is 0.636. The van der Waals surface area contributed by atoms with Crippen molar-refractivity contribution in [3.63, 3.8) is 0 Å². The number of nitrogens with two attached hydrogens (primary N) is 1. The number of aromatic nitrogens is 2. The molecule has 1 aromatic heterocycles. The van der Waals surface area contributed by atoms with Crippen LogP contribution in [0.1, 0.15) is 41.4 Å². The van der Waals surface area contributed by atoms with E-state index in [1.165, 1.54) is 0 Å². The van der Waals surface area contributed by atoms with Crippen molar-refractivity contribution in [2.45, 2.75) is 36.1 Å². The van der Waals surface area contributed by atoms with E-state index < -0.39 is 15.9 Å². The summed E-state index contributed by atoms with van der Waals surface area (Å²) in [4.78, 5) is 12.0. The van der Waals surface area contributed by atoms with E-state index in [0.717, 1.165) is 12.8 Å². The minimum Gasteiger partial charge on any atom is -0.379 e. The molecule has 1 aromatic rings. The molecule has 4 N–H and O–H groups in total. The fourth-order valence-electron chi connectivity index (χ4n) is 2.34. The fourth-order valence-corrected chi connectivity index (χ4v) is 3.26. The van der Waals surface area contributed by atoms with E-state index in [1.807, 2.05) is 0 Å². The highest BCUT2D eigenvalue weighted by Crippen LogP contribution is 2.42. The predicted octanol–water partition coefficient (Wildman–Crippen LogP) is -0.547. The lowest BCUT2D eigenvalue weighted by molar-refractivity contribution is 0.0921. The Morgan fingerprint density at radius 3 is 2.70 bits per heavy atom. The molecule has 0 bridgehead atoms. The van der Waals surface area contributed by atoms with Crippen LogP contribution >= 0.6 is 0 Å². The van der Waals surface area contributed by atoms with Crippen LogP contribution in [-0.4, -0.2) is 43.8 Å². The van der Waals surface area contributed by atoms with Crippen LogP contribution < -0.4 is 10.5 Å². The number of hydrogen-bond donors (Lipinski definition) is 3. The van der Waals surface area contributed by atoms with Crippen LogP contribution in [0.3, 0.4) is 0 Å². The van der Waals surface area contributed by atoms with Gasteiger partial charge in [-0.1, -0.05) is 0 Å². The standard InChI is InChI=1S/C11H16N4O4S/c12-20(17,18)10-8(6-1-2-6)14-15-9(10)11(16)13-7-3-4-19-5-7/h6-7H,1-5H2,(H,13,16)(H,14,15)(H2,12,17,18). The van der Waals surface area contributed by atoms with Gasteiger partial charge in [-0.05, 0) is 19.3 Å². The number of rotatable bonds is 4. The van der Waals surface area contributed by atoms with Crippen molar-refractivity contribution in [2.75, 3.05) is 13.2 Å². The second-order valence-corrected chi connectivity index (χ2v) is 6.67. The zero-order valence-corrected chi connectivity index (χ0v) is 11.6. The molecule has 3 rings (SSSR count). The van der Waals surface area contributed by atoms with Crippen molar-refractivity contribution >= 4 is 15.9 Å². The first-order valence-electron chi connectivity index (χ1n) is 6.46. The molecular weight excluding hydrogens is 284 g/mol. The van der Waals surface area contributed by atoms with Crippen LogP contribution in [0.5, 0.6) is 0 Å². The molecule has 1 atom stereocenters. The molecule has 1 amide bonds. The molecule has 1 unspecified atom stereocenters. The van der Waals surface area contributed by atoms with Crippen molar-refractivity contribution in [2.24, 2.45) is 5.14 Å². The van der Waals surface area contributed by atoms with E-state index >= 15 is 0 Å². The summed E-state index contributed by atoms with van der Waals surface area (Å²) in [5.41, 5.74) is 0.293. The highest BCUT2D eigenvalue weighted by Gasteiger charge is 2.36. The summed E-state index contributed by atoms with van der Waals surface area (Å²) in [5.74, 6) is -0.431. The molecule has 0 radical (unpaired) electrons. The zero-order chi connectivity index (χ0) is 14.3. The Labute approximate surface area is 116 Å². The van der Waals surface area contributed by atoms with Crippen molar-refractivity contribution in [1.82, 2.24) is 15.5 Å². The molecule has 9 heteroatoms. The minimum atomic E-state index is -3.99. The first-order chi connectivity index (χ1) is 9.47. The number of aromatic amines is 1. The van der Waals surface area contributed by atoms with Crippen LogP contribution in [0.4, 0.5) is 0 Å². The summed E-state index contributed by atoms with van der Waals surface area (Å²) in [5, 5.41) is 14.4. The van der Waals surface area contributed by atoms with Gasteiger partial charge in [0.25, 0.3) is 5.91 Å². The number of hydrogen-bond acceptors (Lipinski definition) is 5. The normalized spacial score (nSPS) is 22.9. The van der Waals surface area contributed by atoms with Gasteiger partial charge in [-0.25, -0.2) is 13.6 Å². The highest BCUT2D eigenvalue weighted by atomic mass is 32.2. The van der Waals surface area contributed by atoms with Crippen molar-refractivity contribution in [3.05, 3.63) is 11.4 Å². The summed E-state index contributed by atoms with van der Waals surface area (Å²) in [7, 11) is -3.99. The lowest BCUT2D eigenvalue weighted by Crippen LogP contribution is -2.36. The summed E-state index contributed by atoms with van der Waals surface area (Å²) >= 11 is 0. The lowest BCUT2D eigenvalue weighted by Gasteiger charge is -2.09. The molecule has 1 aliphatic heterocycles. The van der Waals surface area contributed by atoms with E-state index in [-0.39, 0.29) is 22.5 Å². The Morgan fingerprint density at radius 1 is 1.40 bits per heavy atom. The Bertz CT molecular complexity index is 629. The number of amides is 1. The quantitative estimate of drug-likeness (QED) is 0.687. The number of carbonyl (C=O) groups excluding carboxylic acids is 1. The molecule has 2 fully saturated rings. The summed E-state index contributed by atoms with van der Waals surface area (Å²) < 4.78 is 28.6. The summed E-state index contributed by atoms with van der Waals surface area (Å²) in [6.07, 6.45) is 2.46. The van der Waals surface area contributed by atoms with Crippen molar-refractivity contribution < 1.29 is 17.9 Å². The van der Waals surface area contributed by atoms with E-state index in [1.54, 1.807) is 0 Å². The number of nitrogens with one attached hydrogen (secondary N) is 2. The summed E-state index contributed by atoms with van der Waals surface area (Å²) in [6.45, 7) is 1.01. The van der Waals surface area contributed by atoms with Crippen molar-refractivity contribution in [3.8, 4) is 0 Å². The van der Waals surface area contributed by atoms with Gasteiger partial charge in [0.2, 0.25) is 10.0 Å². The molecule has 110 valence electrons. The van der Waals surface area contributed by atoms with E-state index in [9.17, 15) is 13.2 Å². The van der Waals surface area contributed by atoms with Gasteiger partial charge in [-0.2, -0.15) is 5.10 Å². The van der Waals surface area contributed by atoms with Crippen LogP contribution in [-0.2, 0) is 14.8 Å². The molecule has 0 spiro atoms. The first kappa shape index (κ1) is 13.5. The largest absolute Gasteiger partial charge is 0.379 e. The maximum absolute atomic E-state index is 12.2. The smallest absolute Gasteiger partial charge is 0.273 e. The van der Waals surface area contributed by atoms with Gasteiger partial charge < -0.3 is 10.1 Å². The van der Waals surface area contributed by atoms with E-state index in [4.69, 9.17) is 9.88 Å². The predicted molar refractivity (Wildman–Crippen MR) is 68.6 cm³/mol. The minimum absolute atomic E-state index is 0.104. The number of H-pyrrole nitrogens is 1. The van der Waals surface area contributed by atoms with E-state index in [2.05, 4.69) is 15.5 Å². The van der Waals surface area contributed by atoms with Gasteiger partial charge in [-0.15, -0.1) is 0 Å². The van der Waals surface area contributed by atoms with Gasteiger partial charge in [0.15, 0.2) is 5.69 Å².